The molecule has 7 heteroatoms. The van der Waals surface area contributed by atoms with E-state index in [1.165, 1.54) is 0 Å². The van der Waals surface area contributed by atoms with Gasteiger partial charge in [0.1, 0.15) is 18.1 Å². The molecule has 1 aromatic carbocycles. The summed E-state index contributed by atoms with van der Waals surface area (Å²) in [5.74, 6) is 1.45. The quantitative estimate of drug-likeness (QED) is 0.518. The zero-order chi connectivity index (χ0) is 23.2. The number of hydrogen-bond donors (Lipinski definition) is 0. The van der Waals surface area contributed by atoms with Crippen molar-refractivity contribution in [1.29, 1.82) is 0 Å². The number of ether oxygens (including phenoxy) is 1. The smallest absolute Gasteiger partial charge is 0.253 e. The highest BCUT2D eigenvalue weighted by atomic mass is 16.5. The summed E-state index contributed by atoms with van der Waals surface area (Å²) in [5, 5.41) is 3.96. The van der Waals surface area contributed by atoms with Crippen LogP contribution in [0.25, 0.3) is 0 Å². The van der Waals surface area contributed by atoms with Gasteiger partial charge in [0.2, 0.25) is 0 Å². The molecular weight excluding hydrogens is 416 g/mol. The Morgan fingerprint density at radius 2 is 2.00 bits per heavy atom. The Morgan fingerprint density at radius 1 is 1.18 bits per heavy atom. The molecule has 1 saturated heterocycles. The summed E-state index contributed by atoms with van der Waals surface area (Å²) in [6.07, 6.45) is 4.76. The first-order valence-corrected chi connectivity index (χ1v) is 11.6. The molecule has 7 nitrogen and oxygen atoms in total. The number of aromatic nitrogens is 2. The minimum Gasteiger partial charge on any atom is -0.489 e. The number of carbonyl (C=O) groups excluding carboxylic acids is 1. The van der Waals surface area contributed by atoms with Crippen molar-refractivity contribution in [1.82, 2.24) is 19.9 Å². The average molecular weight is 449 g/mol. The monoisotopic (exact) mass is 448 g/mol. The molecule has 0 aliphatic carbocycles. The number of benzene rings is 1. The van der Waals surface area contributed by atoms with Gasteiger partial charge in [-0.15, -0.1) is 0 Å². The first-order valence-electron chi connectivity index (χ1n) is 11.6. The topological polar surface area (TPSA) is 71.7 Å². The SMILES string of the molecule is Cc1noc(C)c1COc1cccc(C(=O)N(C)C2CCN(CCc3ccccn3)CC2)c1. The first-order chi connectivity index (χ1) is 16.0. The molecule has 1 amide bonds. The van der Waals surface area contributed by atoms with E-state index in [9.17, 15) is 4.79 Å². The molecule has 0 bridgehead atoms. The molecule has 4 rings (SSSR count). The van der Waals surface area contributed by atoms with E-state index >= 15 is 0 Å². The molecule has 0 unspecified atom stereocenters. The van der Waals surface area contributed by atoms with Gasteiger partial charge < -0.3 is 19.1 Å². The maximum absolute atomic E-state index is 13.2. The highest BCUT2D eigenvalue weighted by molar-refractivity contribution is 5.94. The van der Waals surface area contributed by atoms with Gasteiger partial charge in [-0.1, -0.05) is 17.3 Å². The minimum absolute atomic E-state index is 0.0322. The second kappa shape index (κ2) is 10.6. The molecule has 3 heterocycles. The van der Waals surface area contributed by atoms with Crippen LogP contribution in [0.5, 0.6) is 5.75 Å². The van der Waals surface area contributed by atoms with Gasteiger partial charge in [-0.05, 0) is 57.0 Å². The van der Waals surface area contributed by atoms with Gasteiger partial charge in [0.25, 0.3) is 5.91 Å². The number of nitrogens with zero attached hydrogens (tertiary/aromatic N) is 4. The lowest BCUT2D eigenvalue weighted by Gasteiger charge is -2.36. The van der Waals surface area contributed by atoms with E-state index in [4.69, 9.17) is 9.26 Å². The standard InChI is InChI=1S/C26H32N4O3/c1-19-25(20(2)33-28-19)18-32-24-9-6-7-21(17-24)26(31)29(3)23-11-15-30(16-12-23)14-10-22-8-4-5-13-27-22/h4-9,13,17,23H,10-12,14-16,18H2,1-3H3. The second-order valence-electron chi connectivity index (χ2n) is 8.68. The van der Waals surface area contributed by atoms with Crippen molar-refractivity contribution >= 4 is 5.91 Å². The molecule has 3 aromatic rings. The molecule has 33 heavy (non-hydrogen) atoms. The van der Waals surface area contributed by atoms with E-state index in [1.807, 2.05) is 68.4 Å². The molecule has 0 atom stereocenters. The highest BCUT2D eigenvalue weighted by Crippen LogP contribution is 2.22. The summed E-state index contributed by atoms with van der Waals surface area (Å²) in [4.78, 5) is 21.9. The zero-order valence-corrected chi connectivity index (χ0v) is 19.7. The molecule has 0 spiro atoms. The Bertz CT molecular complexity index is 1040. The largest absolute Gasteiger partial charge is 0.489 e. The van der Waals surface area contributed by atoms with E-state index in [0.29, 0.717) is 17.9 Å². The van der Waals surface area contributed by atoms with E-state index in [-0.39, 0.29) is 11.9 Å². The van der Waals surface area contributed by atoms with E-state index in [2.05, 4.69) is 21.1 Å². The Balaban J connectivity index is 1.29. The normalized spacial score (nSPS) is 14.9. The summed E-state index contributed by atoms with van der Waals surface area (Å²) >= 11 is 0. The summed E-state index contributed by atoms with van der Waals surface area (Å²) in [6.45, 7) is 7.13. The molecule has 0 radical (unpaired) electrons. The first kappa shape index (κ1) is 23.0. The second-order valence-corrected chi connectivity index (χ2v) is 8.68. The van der Waals surface area contributed by atoms with Gasteiger partial charge in [-0.3, -0.25) is 9.78 Å². The third-order valence-electron chi connectivity index (χ3n) is 6.48. The molecule has 174 valence electrons. The molecule has 2 aromatic heterocycles. The van der Waals surface area contributed by atoms with Crippen molar-refractivity contribution in [3.05, 3.63) is 76.9 Å². The number of amides is 1. The van der Waals surface area contributed by atoms with Crippen molar-refractivity contribution in [3.8, 4) is 5.75 Å². The number of likely N-dealkylation sites (tertiary alicyclic amines) is 1. The fraction of sp³-hybridized carbons (Fsp3) is 0.423. The van der Waals surface area contributed by atoms with Crippen molar-refractivity contribution in [2.75, 3.05) is 26.7 Å². The maximum atomic E-state index is 13.2. The lowest BCUT2D eigenvalue weighted by molar-refractivity contribution is 0.0643. The average Bonchev–Trinajstić information content (AvgIpc) is 3.18. The maximum Gasteiger partial charge on any atom is 0.253 e. The number of pyridine rings is 1. The Labute approximate surface area is 195 Å². The van der Waals surface area contributed by atoms with E-state index < -0.39 is 0 Å². The van der Waals surface area contributed by atoms with Gasteiger partial charge in [0.15, 0.2) is 0 Å². The fourth-order valence-electron chi connectivity index (χ4n) is 4.30. The van der Waals surface area contributed by atoms with Gasteiger partial charge >= 0.3 is 0 Å². The van der Waals surface area contributed by atoms with Crippen molar-refractivity contribution in [2.45, 2.75) is 45.8 Å². The number of piperidine rings is 1. The fourth-order valence-corrected chi connectivity index (χ4v) is 4.30. The van der Waals surface area contributed by atoms with Crippen molar-refractivity contribution < 1.29 is 14.1 Å². The summed E-state index contributed by atoms with van der Waals surface area (Å²) in [7, 11) is 1.91. The van der Waals surface area contributed by atoms with E-state index in [1.54, 1.807) is 0 Å². The van der Waals surface area contributed by atoms with Crippen LogP contribution in [0.4, 0.5) is 0 Å². The molecule has 0 saturated carbocycles. The Hall–Kier alpha value is -3.19. The zero-order valence-electron chi connectivity index (χ0n) is 19.7. The third kappa shape index (κ3) is 5.79. The van der Waals surface area contributed by atoms with Gasteiger partial charge in [0.05, 0.1) is 11.3 Å². The number of hydrogen-bond acceptors (Lipinski definition) is 6. The summed E-state index contributed by atoms with van der Waals surface area (Å²) in [5.41, 5.74) is 3.54. The Morgan fingerprint density at radius 3 is 2.70 bits per heavy atom. The molecule has 1 fully saturated rings. The highest BCUT2D eigenvalue weighted by Gasteiger charge is 2.26. The summed E-state index contributed by atoms with van der Waals surface area (Å²) < 4.78 is 11.1. The predicted molar refractivity (Wildman–Crippen MR) is 126 cm³/mol. The molecule has 1 aliphatic rings. The lowest BCUT2D eigenvalue weighted by Crippen LogP contribution is -2.46. The van der Waals surface area contributed by atoms with Crippen LogP contribution < -0.4 is 4.74 Å². The van der Waals surface area contributed by atoms with Gasteiger partial charge in [-0.2, -0.15) is 0 Å². The van der Waals surface area contributed by atoms with Gasteiger partial charge in [0, 0.05) is 56.6 Å². The van der Waals surface area contributed by atoms with Crippen LogP contribution in [0.3, 0.4) is 0 Å². The molecular formula is C26H32N4O3. The van der Waals surface area contributed by atoms with Crippen LogP contribution in [0.1, 0.15) is 45.9 Å². The van der Waals surface area contributed by atoms with Crippen LogP contribution in [0, 0.1) is 13.8 Å². The number of carbonyl (C=O) groups is 1. The third-order valence-corrected chi connectivity index (χ3v) is 6.48. The van der Waals surface area contributed by atoms with Crippen LogP contribution >= 0.6 is 0 Å². The predicted octanol–water partition coefficient (Wildman–Crippen LogP) is 4.04. The number of rotatable bonds is 8. The minimum atomic E-state index is 0.0322. The van der Waals surface area contributed by atoms with Crippen molar-refractivity contribution in [2.24, 2.45) is 0 Å². The molecule has 0 N–H and O–H groups in total. The Kier molecular flexibility index (Phi) is 7.40. The number of aryl methyl sites for hydroxylation is 2. The lowest BCUT2D eigenvalue weighted by atomic mass is 10.0. The summed E-state index contributed by atoms with van der Waals surface area (Å²) in [6, 6.07) is 13.7. The van der Waals surface area contributed by atoms with Crippen LogP contribution in [0.2, 0.25) is 0 Å². The van der Waals surface area contributed by atoms with Crippen LogP contribution in [-0.4, -0.2) is 58.6 Å². The molecule has 1 aliphatic heterocycles. The van der Waals surface area contributed by atoms with Crippen LogP contribution in [0.15, 0.2) is 53.2 Å². The van der Waals surface area contributed by atoms with Crippen molar-refractivity contribution in [3.63, 3.8) is 0 Å². The van der Waals surface area contributed by atoms with Crippen LogP contribution in [-0.2, 0) is 13.0 Å². The van der Waals surface area contributed by atoms with E-state index in [0.717, 1.165) is 61.6 Å². The van der Waals surface area contributed by atoms with Gasteiger partial charge in [-0.25, -0.2) is 0 Å².